The number of rotatable bonds is 2. The van der Waals surface area contributed by atoms with E-state index in [2.05, 4.69) is 4.98 Å². The number of hydrogen-bond donors (Lipinski definition) is 0. The van der Waals surface area contributed by atoms with Gasteiger partial charge in [0.25, 0.3) is 5.56 Å². The first-order chi connectivity index (χ1) is 12.3. The number of morpholine rings is 1. The fraction of sp³-hybridized carbons (Fsp3) is 0.375. The van der Waals surface area contributed by atoms with Crippen molar-refractivity contribution in [2.45, 2.75) is 31.0 Å². The molecule has 0 unspecified atom stereocenters. The van der Waals surface area contributed by atoms with Gasteiger partial charge in [0.1, 0.15) is 4.90 Å². The van der Waals surface area contributed by atoms with Crippen LogP contribution in [0.5, 0.6) is 0 Å². The predicted molar refractivity (Wildman–Crippen MR) is 101 cm³/mol. The zero-order chi connectivity index (χ0) is 18.6. The molecule has 0 bridgehead atoms. The fourth-order valence-electron chi connectivity index (χ4n) is 3.26. The molecule has 2 aromatic heterocycles. The summed E-state index contributed by atoms with van der Waals surface area (Å²) >= 11 is 7.65. The number of ether oxygens (including phenoxy) is 1. The van der Waals surface area contributed by atoms with E-state index in [-0.39, 0.29) is 40.6 Å². The van der Waals surface area contributed by atoms with Crippen LogP contribution in [0.1, 0.15) is 13.8 Å². The van der Waals surface area contributed by atoms with E-state index in [0.29, 0.717) is 10.5 Å². The van der Waals surface area contributed by atoms with E-state index in [1.807, 2.05) is 13.8 Å². The van der Waals surface area contributed by atoms with Gasteiger partial charge in [0.2, 0.25) is 10.0 Å². The Hall–Kier alpha value is -1.52. The Balaban J connectivity index is 1.91. The van der Waals surface area contributed by atoms with Crippen molar-refractivity contribution in [1.82, 2.24) is 13.7 Å². The molecule has 0 radical (unpaired) electrons. The standard InChI is InChI=1S/C16H16ClN3O4S2/c1-9-7-19(8-10(2)24-9)26(22,23)14-5-11-13(6-12(14)17)20-3-4-25-16(20)18-15(11)21/h3-6,9-10H,7-8H2,1-2H3/t9-,10+. The smallest absolute Gasteiger partial charge is 0.281 e. The zero-order valence-electron chi connectivity index (χ0n) is 14.0. The molecule has 4 rings (SSSR count). The topological polar surface area (TPSA) is 81.0 Å². The van der Waals surface area contributed by atoms with Crippen LogP contribution in [-0.4, -0.2) is 47.4 Å². The third-order valence-electron chi connectivity index (χ3n) is 4.33. The van der Waals surface area contributed by atoms with E-state index in [0.717, 1.165) is 0 Å². The van der Waals surface area contributed by atoms with Crippen molar-refractivity contribution in [3.05, 3.63) is 39.1 Å². The molecule has 1 aromatic carbocycles. The summed E-state index contributed by atoms with van der Waals surface area (Å²) < 4.78 is 34.9. The second-order valence-electron chi connectivity index (χ2n) is 6.35. The Morgan fingerprint density at radius 3 is 2.65 bits per heavy atom. The van der Waals surface area contributed by atoms with Crippen LogP contribution in [0.3, 0.4) is 0 Å². The molecule has 0 amide bonds. The average molecular weight is 414 g/mol. The van der Waals surface area contributed by atoms with Crippen molar-refractivity contribution in [2.75, 3.05) is 13.1 Å². The molecule has 0 N–H and O–H groups in total. The molecule has 3 aromatic rings. The van der Waals surface area contributed by atoms with Gasteiger partial charge in [-0.1, -0.05) is 11.6 Å². The molecule has 0 aliphatic carbocycles. The summed E-state index contributed by atoms with van der Waals surface area (Å²) in [6.45, 7) is 4.12. The number of fused-ring (bicyclic) bond motifs is 3. The molecule has 1 saturated heterocycles. The van der Waals surface area contributed by atoms with Gasteiger partial charge in [-0.15, -0.1) is 11.3 Å². The van der Waals surface area contributed by atoms with Crippen molar-refractivity contribution in [2.24, 2.45) is 0 Å². The number of halogens is 1. The van der Waals surface area contributed by atoms with Crippen LogP contribution in [0.2, 0.25) is 5.02 Å². The summed E-state index contributed by atoms with van der Waals surface area (Å²) in [5, 5.41) is 2.10. The molecule has 138 valence electrons. The van der Waals surface area contributed by atoms with Crippen LogP contribution in [-0.2, 0) is 14.8 Å². The first-order valence-corrected chi connectivity index (χ1v) is 10.7. The normalized spacial score (nSPS) is 22.3. The van der Waals surface area contributed by atoms with Crippen molar-refractivity contribution in [3.63, 3.8) is 0 Å². The van der Waals surface area contributed by atoms with E-state index in [1.54, 1.807) is 16.0 Å². The van der Waals surface area contributed by atoms with Crippen LogP contribution in [0.25, 0.3) is 15.9 Å². The summed E-state index contributed by atoms with van der Waals surface area (Å²) in [5.41, 5.74) is 0.0631. The van der Waals surface area contributed by atoms with E-state index in [1.165, 1.54) is 27.8 Å². The largest absolute Gasteiger partial charge is 0.373 e. The second kappa shape index (κ2) is 6.28. The maximum Gasteiger partial charge on any atom is 0.281 e. The molecular formula is C16H16ClN3O4S2. The highest BCUT2D eigenvalue weighted by atomic mass is 35.5. The number of sulfonamides is 1. The molecule has 1 fully saturated rings. The summed E-state index contributed by atoms with van der Waals surface area (Å²) in [5.74, 6) is 0. The van der Waals surface area contributed by atoms with Crippen molar-refractivity contribution >= 4 is 48.8 Å². The monoisotopic (exact) mass is 413 g/mol. The van der Waals surface area contributed by atoms with Crippen LogP contribution < -0.4 is 5.56 Å². The average Bonchev–Trinajstić information content (AvgIpc) is 3.01. The lowest BCUT2D eigenvalue weighted by Crippen LogP contribution is -2.48. The molecule has 26 heavy (non-hydrogen) atoms. The minimum atomic E-state index is -3.86. The summed E-state index contributed by atoms with van der Waals surface area (Å²) in [7, 11) is -3.86. The highest BCUT2D eigenvalue weighted by molar-refractivity contribution is 7.89. The minimum absolute atomic E-state index is 0.0786. The first kappa shape index (κ1) is 17.9. The molecule has 1 aliphatic rings. The van der Waals surface area contributed by atoms with Gasteiger partial charge >= 0.3 is 0 Å². The Labute approximate surface area is 158 Å². The van der Waals surface area contributed by atoms with Gasteiger partial charge in [0.05, 0.1) is 28.1 Å². The Kier molecular flexibility index (Phi) is 4.31. The molecular weight excluding hydrogens is 398 g/mol. The van der Waals surface area contributed by atoms with Crippen LogP contribution in [0.15, 0.2) is 33.4 Å². The van der Waals surface area contributed by atoms with Crippen molar-refractivity contribution < 1.29 is 13.2 Å². The van der Waals surface area contributed by atoms with Crippen LogP contribution in [0, 0.1) is 0 Å². The first-order valence-electron chi connectivity index (χ1n) is 8.02. The third-order valence-corrected chi connectivity index (χ3v) is 7.38. The maximum atomic E-state index is 13.1. The Morgan fingerprint density at radius 2 is 1.96 bits per heavy atom. The van der Waals surface area contributed by atoms with Crippen molar-refractivity contribution in [1.29, 1.82) is 0 Å². The van der Waals surface area contributed by atoms with Gasteiger partial charge in [-0.3, -0.25) is 9.20 Å². The number of thiazole rings is 1. The lowest BCUT2D eigenvalue weighted by atomic mass is 10.2. The van der Waals surface area contributed by atoms with E-state index < -0.39 is 15.6 Å². The van der Waals surface area contributed by atoms with Gasteiger partial charge < -0.3 is 4.74 Å². The van der Waals surface area contributed by atoms with Gasteiger partial charge in [0.15, 0.2) is 4.96 Å². The summed E-state index contributed by atoms with van der Waals surface area (Å²) in [4.78, 5) is 16.8. The van der Waals surface area contributed by atoms with Gasteiger partial charge in [-0.25, -0.2) is 8.42 Å². The molecule has 0 spiro atoms. The lowest BCUT2D eigenvalue weighted by Gasteiger charge is -2.34. The predicted octanol–water partition coefficient (Wildman–Crippen LogP) is 2.36. The summed E-state index contributed by atoms with van der Waals surface area (Å²) in [6, 6.07) is 2.84. The third kappa shape index (κ3) is 2.84. The molecule has 7 nitrogen and oxygen atoms in total. The van der Waals surface area contributed by atoms with E-state index in [4.69, 9.17) is 16.3 Å². The zero-order valence-corrected chi connectivity index (χ0v) is 16.4. The number of nitrogens with zero attached hydrogens (tertiary/aromatic N) is 3. The molecule has 10 heteroatoms. The molecule has 0 saturated carbocycles. The molecule has 2 atom stereocenters. The quantitative estimate of drug-likeness (QED) is 0.644. The number of aromatic nitrogens is 2. The second-order valence-corrected chi connectivity index (χ2v) is 9.54. The number of hydrogen-bond acceptors (Lipinski definition) is 6. The van der Waals surface area contributed by atoms with Crippen LogP contribution in [0.4, 0.5) is 0 Å². The Morgan fingerprint density at radius 1 is 1.27 bits per heavy atom. The highest BCUT2D eigenvalue weighted by Gasteiger charge is 2.34. The van der Waals surface area contributed by atoms with Gasteiger partial charge in [-0.05, 0) is 26.0 Å². The lowest BCUT2D eigenvalue weighted by molar-refractivity contribution is -0.0440. The van der Waals surface area contributed by atoms with Crippen molar-refractivity contribution in [3.8, 4) is 0 Å². The van der Waals surface area contributed by atoms with E-state index in [9.17, 15) is 13.2 Å². The van der Waals surface area contributed by atoms with Gasteiger partial charge in [0, 0.05) is 24.7 Å². The van der Waals surface area contributed by atoms with Crippen LogP contribution >= 0.6 is 22.9 Å². The van der Waals surface area contributed by atoms with E-state index >= 15 is 0 Å². The fourth-order valence-corrected chi connectivity index (χ4v) is 6.09. The maximum absolute atomic E-state index is 13.1. The SMILES string of the molecule is C[C@@H]1CN(S(=O)(=O)c2cc3c(=O)nc4sccn4c3cc2Cl)C[C@H](C)O1. The minimum Gasteiger partial charge on any atom is -0.373 e. The number of benzene rings is 1. The van der Waals surface area contributed by atoms with Gasteiger partial charge in [-0.2, -0.15) is 9.29 Å². The Bertz CT molecular complexity index is 1160. The molecule has 1 aliphatic heterocycles. The summed E-state index contributed by atoms with van der Waals surface area (Å²) in [6.07, 6.45) is 1.33. The highest BCUT2D eigenvalue weighted by Crippen LogP contribution is 2.30. The molecule has 3 heterocycles.